The van der Waals surface area contributed by atoms with Gasteiger partial charge in [-0.05, 0) is 70.6 Å². The molecule has 67 heavy (non-hydrogen) atoms. The average Bonchev–Trinajstić information content (AvgIpc) is 3.33. The number of carbonyl (C=O) groups is 1. The molecule has 0 radical (unpaired) electrons. The second-order valence-electron chi connectivity index (χ2n) is 20.5. The van der Waals surface area contributed by atoms with E-state index in [1.54, 1.807) is 6.08 Å². The van der Waals surface area contributed by atoms with Crippen LogP contribution in [0.25, 0.3) is 0 Å². The fourth-order valence-corrected chi connectivity index (χ4v) is 9.22. The highest BCUT2D eigenvalue weighted by Gasteiger charge is 2.22. The Hall–Kier alpha value is -1.69. The molecule has 0 aliphatic rings. The zero-order valence-corrected chi connectivity index (χ0v) is 45.0. The van der Waals surface area contributed by atoms with E-state index in [-0.39, 0.29) is 6.61 Å². The summed E-state index contributed by atoms with van der Waals surface area (Å²) in [6.07, 6.45) is 76.5. The molecule has 0 saturated heterocycles. The van der Waals surface area contributed by atoms with Gasteiger partial charge in [-0.3, -0.25) is 4.79 Å². The summed E-state index contributed by atoms with van der Waals surface area (Å²) in [5, 5.41) is 33.3. The zero-order chi connectivity index (χ0) is 48.6. The molecule has 0 saturated carbocycles. The van der Waals surface area contributed by atoms with E-state index in [2.05, 4.69) is 55.6 Å². The Labute approximate surface area is 418 Å². The number of hydrogen-bond donors (Lipinski definition) is 4. The standard InChI is InChI=1S/C62H117NO4/c1-3-5-7-9-11-13-15-17-19-20-21-22-23-24-25-26-27-28-29-30-31-32-33-34-35-36-37-38-39-40-41-43-45-47-49-51-53-55-57-61(66)62(67)63-59(58-64)60(65)56-54-52-50-48-46-44-42-18-16-14-12-10-8-6-4-2/h16,18,30-31,46,48,54,56,59-61,64-66H,3-15,17,19-29,32-45,47,49-53,55,57-58H2,1-2H3,(H,63,67)/b18-16+,31-30-,48-46+,56-54+. The summed E-state index contributed by atoms with van der Waals surface area (Å²) in [5.41, 5.74) is 0. The lowest BCUT2D eigenvalue weighted by Crippen LogP contribution is -2.48. The van der Waals surface area contributed by atoms with Crippen molar-refractivity contribution < 1.29 is 20.1 Å². The number of aliphatic hydroxyl groups excluding tert-OH is 3. The third kappa shape index (κ3) is 52.0. The molecule has 3 atom stereocenters. The van der Waals surface area contributed by atoms with E-state index in [9.17, 15) is 20.1 Å². The first-order valence-electron chi connectivity index (χ1n) is 30.0. The summed E-state index contributed by atoms with van der Waals surface area (Å²) in [5.74, 6) is -0.515. The van der Waals surface area contributed by atoms with Crippen LogP contribution in [0.5, 0.6) is 0 Å². The fourth-order valence-electron chi connectivity index (χ4n) is 9.22. The van der Waals surface area contributed by atoms with Gasteiger partial charge in [0.2, 0.25) is 5.91 Å². The Bertz CT molecular complexity index is 1080. The molecule has 0 aromatic rings. The Balaban J connectivity index is 3.49. The lowest BCUT2D eigenvalue weighted by Gasteiger charge is -2.21. The maximum Gasteiger partial charge on any atom is 0.249 e. The Morgan fingerprint density at radius 1 is 0.358 bits per heavy atom. The van der Waals surface area contributed by atoms with E-state index in [1.807, 2.05) is 6.08 Å². The second-order valence-corrected chi connectivity index (χ2v) is 20.5. The molecule has 394 valence electrons. The normalized spacial score (nSPS) is 13.6. The Morgan fingerprint density at radius 3 is 0.910 bits per heavy atom. The summed E-state index contributed by atoms with van der Waals surface area (Å²) in [6, 6.07) is -0.821. The van der Waals surface area contributed by atoms with E-state index in [4.69, 9.17) is 0 Å². The summed E-state index contributed by atoms with van der Waals surface area (Å²) < 4.78 is 0. The van der Waals surface area contributed by atoms with Crippen molar-refractivity contribution in [3.8, 4) is 0 Å². The Kier molecular flexibility index (Phi) is 55.5. The van der Waals surface area contributed by atoms with Crippen LogP contribution < -0.4 is 5.32 Å². The highest BCUT2D eigenvalue weighted by Crippen LogP contribution is 2.17. The molecule has 1 amide bonds. The molecule has 0 spiro atoms. The van der Waals surface area contributed by atoms with Crippen LogP contribution >= 0.6 is 0 Å². The van der Waals surface area contributed by atoms with E-state index >= 15 is 0 Å². The molecule has 0 aromatic carbocycles. The molecule has 0 heterocycles. The molecule has 0 aliphatic carbocycles. The van der Waals surface area contributed by atoms with Gasteiger partial charge in [0.25, 0.3) is 0 Å². The Morgan fingerprint density at radius 2 is 0.612 bits per heavy atom. The summed E-state index contributed by atoms with van der Waals surface area (Å²) in [7, 11) is 0. The van der Waals surface area contributed by atoms with E-state index in [0.717, 1.165) is 44.9 Å². The van der Waals surface area contributed by atoms with E-state index in [1.165, 1.54) is 250 Å². The van der Waals surface area contributed by atoms with Crippen LogP contribution in [0.3, 0.4) is 0 Å². The van der Waals surface area contributed by atoms with Crippen molar-refractivity contribution in [3.63, 3.8) is 0 Å². The first-order valence-corrected chi connectivity index (χ1v) is 30.0. The first kappa shape index (κ1) is 65.3. The van der Waals surface area contributed by atoms with Crippen molar-refractivity contribution >= 4 is 5.91 Å². The second kappa shape index (κ2) is 56.9. The number of aliphatic hydroxyl groups is 3. The molecule has 0 fully saturated rings. The smallest absolute Gasteiger partial charge is 0.249 e. The number of amides is 1. The molecule has 3 unspecified atom stereocenters. The predicted molar refractivity (Wildman–Crippen MR) is 296 cm³/mol. The van der Waals surface area contributed by atoms with Crippen molar-refractivity contribution in [1.29, 1.82) is 0 Å². The highest BCUT2D eigenvalue weighted by atomic mass is 16.3. The van der Waals surface area contributed by atoms with Crippen LogP contribution in [-0.2, 0) is 4.79 Å². The minimum atomic E-state index is -1.11. The van der Waals surface area contributed by atoms with Crippen LogP contribution in [0, 0.1) is 0 Å². The number of nitrogens with one attached hydrogen (secondary N) is 1. The summed E-state index contributed by atoms with van der Waals surface area (Å²) in [6.45, 7) is 4.17. The van der Waals surface area contributed by atoms with Gasteiger partial charge in [-0.25, -0.2) is 0 Å². The van der Waals surface area contributed by atoms with Crippen molar-refractivity contribution in [2.45, 2.75) is 334 Å². The fraction of sp³-hybridized carbons (Fsp3) is 0.855. The molecular formula is C62H117NO4. The largest absolute Gasteiger partial charge is 0.394 e. The van der Waals surface area contributed by atoms with Crippen LogP contribution in [0.4, 0.5) is 0 Å². The average molecular weight is 941 g/mol. The first-order chi connectivity index (χ1) is 33.1. The number of unbranched alkanes of at least 4 members (excludes halogenated alkanes) is 41. The minimum absolute atomic E-state index is 0.381. The van der Waals surface area contributed by atoms with Crippen LogP contribution in [0.1, 0.15) is 316 Å². The number of rotatable bonds is 55. The number of allylic oxidation sites excluding steroid dienone is 7. The number of carbonyl (C=O) groups excluding carboxylic acids is 1. The lowest BCUT2D eigenvalue weighted by atomic mass is 10.0. The summed E-state index contributed by atoms with van der Waals surface area (Å²) in [4.78, 5) is 12.5. The third-order valence-corrected chi connectivity index (χ3v) is 13.9. The molecular weight excluding hydrogens is 823 g/mol. The van der Waals surface area contributed by atoms with Gasteiger partial charge < -0.3 is 20.6 Å². The topological polar surface area (TPSA) is 89.8 Å². The predicted octanol–water partition coefficient (Wildman–Crippen LogP) is 18.8. The molecule has 5 nitrogen and oxygen atoms in total. The highest BCUT2D eigenvalue weighted by molar-refractivity contribution is 5.80. The van der Waals surface area contributed by atoms with Gasteiger partial charge in [-0.15, -0.1) is 0 Å². The van der Waals surface area contributed by atoms with Gasteiger partial charge in [0.05, 0.1) is 18.8 Å². The van der Waals surface area contributed by atoms with Crippen molar-refractivity contribution in [3.05, 3.63) is 48.6 Å². The van der Waals surface area contributed by atoms with Crippen LogP contribution in [-0.4, -0.2) is 46.1 Å². The molecule has 4 N–H and O–H groups in total. The van der Waals surface area contributed by atoms with Crippen LogP contribution in [0.15, 0.2) is 48.6 Å². The summed E-state index contributed by atoms with van der Waals surface area (Å²) >= 11 is 0. The van der Waals surface area contributed by atoms with E-state index in [0.29, 0.717) is 6.42 Å². The maximum absolute atomic E-state index is 12.5. The van der Waals surface area contributed by atoms with Gasteiger partial charge in [0.15, 0.2) is 0 Å². The molecule has 0 rings (SSSR count). The van der Waals surface area contributed by atoms with Crippen molar-refractivity contribution in [2.75, 3.05) is 6.61 Å². The van der Waals surface area contributed by atoms with Crippen molar-refractivity contribution in [2.24, 2.45) is 0 Å². The molecule has 0 aromatic heterocycles. The van der Waals surface area contributed by atoms with Gasteiger partial charge in [-0.1, -0.05) is 294 Å². The quantitative estimate of drug-likeness (QED) is 0.0361. The van der Waals surface area contributed by atoms with Gasteiger partial charge in [0.1, 0.15) is 6.10 Å². The zero-order valence-electron chi connectivity index (χ0n) is 45.0. The van der Waals surface area contributed by atoms with Gasteiger partial charge in [-0.2, -0.15) is 0 Å². The monoisotopic (exact) mass is 940 g/mol. The minimum Gasteiger partial charge on any atom is -0.394 e. The maximum atomic E-state index is 12.5. The van der Waals surface area contributed by atoms with Crippen LogP contribution in [0.2, 0.25) is 0 Å². The SMILES string of the molecule is CCCCCCC/C=C/CC/C=C/CC/C=C/C(O)C(CO)NC(=O)C(O)CCCCCCCCCCCCCCCCCC/C=C\CCCCCCCCCCCCCCCCCCCC. The number of hydrogen-bond acceptors (Lipinski definition) is 4. The van der Waals surface area contributed by atoms with Gasteiger partial charge >= 0.3 is 0 Å². The van der Waals surface area contributed by atoms with E-state index < -0.39 is 24.2 Å². The molecule has 0 aliphatic heterocycles. The molecule has 0 bridgehead atoms. The lowest BCUT2D eigenvalue weighted by molar-refractivity contribution is -0.131. The molecule has 5 heteroatoms. The van der Waals surface area contributed by atoms with Gasteiger partial charge in [0, 0.05) is 0 Å². The van der Waals surface area contributed by atoms with Crippen molar-refractivity contribution in [1.82, 2.24) is 5.32 Å². The third-order valence-electron chi connectivity index (χ3n) is 13.9.